The highest BCUT2D eigenvalue weighted by Crippen LogP contribution is 2.36. The molecular formula is C65H82N8O9. The lowest BCUT2D eigenvalue weighted by molar-refractivity contribution is 0.0186. The Labute approximate surface area is 481 Å². The molecule has 82 heavy (non-hydrogen) atoms. The minimum Gasteiger partial charge on any atom is -0.497 e. The van der Waals surface area contributed by atoms with Gasteiger partial charge in [0.1, 0.15) is 11.5 Å². The number of carboxylic acids is 1. The van der Waals surface area contributed by atoms with E-state index < -0.39 is 5.97 Å². The van der Waals surface area contributed by atoms with Crippen LogP contribution in [-0.4, -0.2) is 112 Å². The number of aryl methyl sites for hydroxylation is 6. The van der Waals surface area contributed by atoms with E-state index in [1.165, 1.54) is 0 Å². The van der Waals surface area contributed by atoms with E-state index >= 15 is 0 Å². The predicted octanol–water partition coefficient (Wildman–Crippen LogP) is 10.3. The Hall–Kier alpha value is -7.80. The summed E-state index contributed by atoms with van der Waals surface area (Å²) < 4.78 is 26.4. The molecule has 6 N–H and O–H groups in total. The third-order valence-corrected chi connectivity index (χ3v) is 15.7. The molecule has 2 aliphatic rings. The van der Waals surface area contributed by atoms with Gasteiger partial charge in [-0.15, -0.1) is 0 Å². The number of morpholine rings is 2. The van der Waals surface area contributed by atoms with E-state index in [0.717, 1.165) is 127 Å². The molecule has 2 unspecified atom stereocenters. The number of H-pyrrole nitrogens is 2. The van der Waals surface area contributed by atoms with Crippen molar-refractivity contribution in [2.45, 2.75) is 102 Å². The maximum absolute atomic E-state index is 13.6. The number of carbonyl (C=O) groups is 2. The highest BCUT2D eigenvalue weighted by molar-refractivity contribution is 5.97. The average Bonchev–Trinajstić information content (AvgIpc) is 3.63. The van der Waals surface area contributed by atoms with Crippen LogP contribution in [0.5, 0.6) is 11.5 Å². The van der Waals surface area contributed by atoms with E-state index in [-0.39, 0.29) is 43.1 Å². The number of nitrogens with zero attached hydrogens (tertiary/aromatic N) is 4. The first kappa shape index (κ1) is 61.8. The molecule has 0 bridgehead atoms. The zero-order valence-corrected chi connectivity index (χ0v) is 48.9. The summed E-state index contributed by atoms with van der Waals surface area (Å²) in [5.74, 6) is 0.523. The maximum atomic E-state index is 13.6. The molecule has 10 rings (SSSR count). The SMILES string of the molecule is C.COc1cc(C)cc(-c2cc3cc(C(=O)NCc4c(C)cc(C)[nH]c4=O)c(C)c(C(C)N4CCOCC4)n3c2)c1.COc1cc(C)cc(-c2cc3cc(C(=O)O)c(C)c(C(C)N4CCOCC4)n3c2)c1.Cc1cc(C)c(CN)c(=O)[nH]1. The van der Waals surface area contributed by atoms with Crippen molar-refractivity contribution < 1.29 is 33.6 Å². The zero-order chi connectivity index (χ0) is 58.4. The molecular weight excluding hydrogens is 1040 g/mol. The number of carbonyl (C=O) groups excluding carboxylic acids is 1. The second-order valence-corrected chi connectivity index (χ2v) is 21.4. The van der Waals surface area contributed by atoms with Gasteiger partial charge in [0, 0.05) is 125 Å². The number of rotatable bonds is 13. The number of pyridine rings is 4. The number of aromatic carboxylic acids is 1. The van der Waals surface area contributed by atoms with E-state index in [1.807, 2.05) is 90.9 Å². The monoisotopic (exact) mass is 1120 g/mol. The van der Waals surface area contributed by atoms with Crippen molar-refractivity contribution in [3.05, 3.63) is 184 Å². The molecule has 0 radical (unpaired) electrons. The van der Waals surface area contributed by atoms with E-state index in [9.17, 15) is 24.3 Å². The smallest absolute Gasteiger partial charge is 0.336 e. The summed E-state index contributed by atoms with van der Waals surface area (Å²) in [5.41, 5.74) is 22.9. The van der Waals surface area contributed by atoms with Gasteiger partial charge in [0.15, 0.2) is 0 Å². The van der Waals surface area contributed by atoms with Gasteiger partial charge in [0.05, 0.1) is 46.2 Å². The van der Waals surface area contributed by atoms with Gasteiger partial charge >= 0.3 is 5.97 Å². The summed E-state index contributed by atoms with van der Waals surface area (Å²) in [6, 6.07) is 24.2. The quantitative estimate of drug-likeness (QED) is 0.0730. The third-order valence-electron chi connectivity index (χ3n) is 15.7. The van der Waals surface area contributed by atoms with Crippen molar-refractivity contribution in [1.82, 2.24) is 33.9 Å². The molecule has 17 nitrogen and oxygen atoms in total. The van der Waals surface area contributed by atoms with Crippen LogP contribution in [0.4, 0.5) is 0 Å². The van der Waals surface area contributed by atoms with Crippen LogP contribution in [0.1, 0.15) is 121 Å². The Kier molecular flexibility index (Phi) is 20.2. The van der Waals surface area contributed by atoms with Crippen molar-refractivity contribution in [1.29, 1.82) is 0 Å². The van der Waals surface area contributed by atoms with Crippen molar-refractivity contribution in [2.24, 2.45) is 5.73 Å². The minimum atomic E-state index is -0.898. The van der Waals surface area contributed by atoms with Crippen LogP contribution in [0, 0.1) is 55.4 Å². The van der Waals surface area contributed by atoms with Gasteiger partial charge in [0.25, 0.3) is 17.0 Å². The van der Waals surface area contributed by atoms with E-state index in [1.54, 1.807) is 20.3 Å². The Bertz CT molecular complexity index is 3730. The highest BCUT2D eigenvalue weighted by Gasteiger charge is 2.28. The van der Waals surface area contributed by atoms with Crippen molar-refractivity contribution in [3.63, 3.8) is 0 Å². The Morgan fingerprint density at radius 1 is 0.598 bits per heavy atom. The second-order valence-electron chi connectivity index (χ2n) is 21.4. The summed E-state index contributed by atoms with van der Waals surface area (Å²) in [5, 5.41) is 12.8. The summed E-state index contributed by atoms with van der Waals surface area (Å²) in [4.78, 5) is 59.6. The molecule has 0 aliphatic carbocycles. The number of fused-ring (bicyclic) bond motifs is 2. The van der Waals surface area contributed by atoms with Crippen LogP contribution in [0.3, 0.4) is 0 Å². The molecule has 2 aliphatic heterocycles. The summed E-state index contributed by atoms with van der Waals surface area (Å²) in [6.07, 6.45) is 4.26. The molecule has 2 atom stereocenters. The number of nitrogens with one attached hydrogen (secondary N) is 3. The molecule has 8 heterocycles. The second kappa shape index (κ2) is 26.9. The molecule has 0 saturated carbocycles. The molecule has 2 aromatic carbocycles. The van der Waals surface area contributed by atoms with Crippen molar-refractivity contribution in [3.8, 4) is 33.8 Å². The number of hydrogen-bond acceptors (Lipinski definition) is 11. The summed E-state index contributed by atoms with van der Waals surface area (Å²) >= 11 is 0. The first-order valence-corrected chi connectivity index (χ1v) is 27.6. The number of aromatic amines is 2. The number of nitrogens with two attached hydrogens (primary N) is 1. The summed E-state index contributed by atoms with van der Waals surface area (Å²) in [7, 11) is 3.34. The molecule has 2 fully saturated rings. The van der Waals surface area contributed by atoms with E-state index in [2.05, 4.69) is 91.3 Å². The number of aromatic nitrogens is 4. The normalized spacial score (nSPS) is 14.5. The van der Waals surface area contributed by atoms with Crippen molar-refractivity contribution in [2.75, 3.05) is 66.8 Å². The number of benzene rings is 2. The van der Waals surface area contributed by atoms with Crippen molar-refractivity contribution >= 4 is 22.9 Å². The largest absolute Gasteiger partial charge is 0.497 e. The first-order chi connectivity index (χ1) is 38.7. The lowest BCUT2D eigenvalue weighted by atomic mass is 10.0. The average molecular weight is 1120 g/mol. The molecule has 6 aromatic heterocycles. The van der Waals surface area contributed by atoms with Gasteiger partial charge in [-0.2, -0.15) is 0 Å². The molecule has 0 spiro atoms. The number of methoxy groups -OCH3 is 2. The van der Waals surface area contributed by atoms with Gasteiger partial charge in [-0.25, -0.2) is 4.79 Å². The molecule has 1 amide bonds. The first-order valence-electron chi connectivity index (χ1n) is 27.6. The van der Waals surface area contributed by atoms with Crippen LogP contribution < -0.4 is 31.6 Å². The number of hydrogen-bond donors (Lipinski definition) is 5. The van der Waals surface area contributed by atoms with Gasteiger partial charge in [-0.05, 0) is 174 Å². The number of ether oxygens (including phenoxy) is 4. The Morgan fingerprint density at radius 3 is 1.41 bits per heavy atom. The molecule has 2 saturated heterocycles. The van der Waals surface area contributed by atoms with Crippen LogP contribution in [0.2, 0.25) is 0 Å². The van der Waals surface area contributed by atoms with Gasteiger partial charge < -0.3 is 53.9 Å². The lowest BCUT2D eigenvalue weighted by Crippen LogP contribution is -2.39. The van der Waals surface area contributed by atoms with Crippen LogP contribution in [0.15, 0.2) is 94.8 Å². The van der Waals surface area contributed by atoms with Crippen LogP contribution in [0.25, 0.3) is 33.3 Å². The van der Waals surface area contributed by atoms with Gasteiger partial charge in [-0.3, -0.25) is 24.2 Å². The highest BCUT2D eigenvalue weighted by atomic mass is 16.5. The minimum absolute atomic E-state index is 0. The molecule has 8 aromatic rings. The van der Waals surface area contributed by atoms with E-state index in [0.29, 0.717) is 55.2 Å². The Morgan fingerprint density at radius 2 is 1.01 bits per heavy atom. The predicted molar refractivity (Wildman–Crippen MR) is 325 cm³/mol. The number of carboxylic acid groups (broad SMARTS) is 1. The zero-order valence-electron chi connectivity index (χ0n) is 48.9. The van der Waals surface area contributed by atoms with Crippen LogP contribution in [-0.2, 0) is 22.6 Å². The summed E-state index contributed by atoms with van der Waals surface area (Å²) in [6.45, 7) is 26.4. The lowest BCUT2D eigenvalue weighted by Gasteiger charge is -2.34. The Balaban J connectivity index is 0.000000202. The standard InChI is InChI=1S/C32H38N4O4.C24H28N2O4.C8H12N2O.CH4/c1-19-11-24(15-27(12-19)39-6)25-14-26-16-28(31(37)33-17-29-20(2)13-21(3)34-32(29)38)22(4)30(36(26)18-25)23(5)35-7-9-40-10-8-35;1-15-9-18(12-21(10-15)29-4)19-11-20-13-22(24(27)28)16(2)23(26(20)14-19)17(3)25-5-7-30-8-6-25;1-5-3-6(2)10-8(11)7(5)4-9;/h11-16,18,23H,7-10,17H2,1-6H3,(H,33,37)(H,34,38);9-14,17H,5-8H2,1-4H3,(H,27,28);3H,4,9H2,1-2H3,(H,10,11);1H4. The molecule has 436 valence electrons. The number of amides is 1. The topological polar surface area (TPSA) is 210 Å². The van der Waals surface area contributed by atoms with E-state index in [4.69, 9.17) is 24.7 Å². The van der Waals surface area contributed by atoms with Crippen LogP contribution >= 0.6 is 0 Å². The molecule has 17 heteroatoms. The van der Waals surface area contributed by atoms with Gasteiger partial charge in [-0.1, -0.05) is 19.6 Å². The van der Waals surface area contributed by atoms with Gasteiger partial charge in [0.2, 0.25) is 0 Å². The third kappa shape index (κ3) is 13.7. The maximum Gasteiger partial charge on any atom is 0.336 e. The fraction of sp³-hybridized carbons (Fsp3) is 0.385. The fourth-order valence-electron chi connectivity index (χ4n) is 11.4. The fourth-order valence-corrected chi connectivity index (χ4v) is 11.4.